The van der Waals surface area contributed by atoms with E-state index in [2.05, 4.69) is 0 Å². The number of ether oxygens (including phenoxy) is 1. The molecule has 0 radical (unpaired) electrons. The highest BCUT2D eigenvalue weighted by atomic mass is 19.1. The van der Waals surface area contributed by atoms with Crippen LogP contribution in [0.5, 0.6) is 5.75 Å². The van der Waals surface area contributed by atoms with Crippen molar-refractivity contribution in [2.24, 2.45) is 5.92 Å². The summed E-state index contributed by atoms with van der Waals surface area (Å²) >= 11 is 0. The standard InChI is InChI=1S/C26H31FN2O3/c27-23-10-6-20(7-11-23)17-25(30)29-16-4-5-21(18-29)19-32-24-12-8-22(9-13-24)26(31)28-14-2-1-3-15-28/h6-13,21H,1-5,14-19H2/t21-/m0/s1. The van der Waals surface area contributed by atoms with Gasteiger partial charge in [-0.25, -0.2) is 4.39 Å². The van der Waals surface area contributed by atoms with Gasteiger partial charge in [0.25, 0.3) is 5.91 Å². The van der Waals surface area contributed by atoms with Gasteiger partial charge in [0.2, 0.25) is 5.91 Å². The minimum atomic E-state index is -0.291. The van der Waals surface area contributed by atoms with Gasteiger partial charge >= 0.3 is 0 Å². The second-order valence-corrected chi connectivity index (χ2v) is 8.84. The zero-order valence-corrected chi connectivity index (χ0v) is 18.5. The van der Waals surface area contributed by atoms with Crippen molar-refractivity contribution < 1.29 is 18.7 Å². The number of carbonyl (C=O) groups is 2. The zero-order chi connectivity index (χ0) is 22.3. The molecule has 2 aromatic rings. The highest BCUT2D eigenvalue weighted by Crippen LogP contribution is 2.21. The van der Waals surface area contributed by atoms with Crippen LogP contribution in [0, 0.1) is 11.7 Å². The molecule has 0 N–H and O–H groups in total. The fraction of sp³-hybridized carbons (Fsp3) is 0.462. The van der Waals surface area contributed by atoms with Crippen molar-refractivity contribution in [2.45, 2.75) is 38.5 Å². The Morgan fingerprint density at radius 2 is 1.56 bits per heavy atom. The summed E-state index contributed by atoms with van der Waals surface area (Å²) in [6.07, 6.45) is 5.63. The van der Waals surface area contributed by atoms with E-state index in [4.69, 9.17) is 4.74 Å². The lowest BCUT2D eigenvalue weighted by Crippen LogP contribution is -2.42. The Morgan fingerprint density at radius 3 is 2.28 bits per heavy atom. The smallest absolute Gasteiger partial charge is 0.253 e. The van der Waals surface area contributed by atoms with Crippen LogP contribution in [0.3, 0.4) is 0 Å². The molecule has 2 fully saturated rings. The molecule has 0 bridgehead atoms. The summed E-state index contributed by atoms with van der Waals surface area (Å²) in [5.41, 5.74) is 1.53. The van der Waals surface area contributed by atoms with E-state index in [-0.39, 0.29) is 23.5 Å². The van der Waals surface area contributed by atoms with Crippen LogP contribution in [-0.4, -0.2) is 54.4 Å². The molecule has 4 rings (SSSR count). The van der Waals surface area contributed by atoms with E-state index >= 15 is 0 Å². The quantitative estimate of drug-likeness (QED) is 0.675. The predicted molar refractivity (Wildman–Crippen MR) is 121 cm³/mol. The molecule has 0 unspecified atom stereocenters. The molecule has 2 saturated heterocycles. The average molecular weight is 439 g/mol. The largest absolute Gasteiger partial charge is 0.493 e. The van der Waals surface area contributed by atoms with Crippen LogP contribution in [0.4, 0.5) is 4.39 Å². The van der Waals surface area contributed by atoms with E-state index in [1.807, 2.05) is 34.1 Å². The van der Waals surface area contributed by atoms with Crippen molar-refractivity contribution in [1.82, 2.24) is 9.80 Å². The third-order valence-electron chi connectivity index (χ3n) is 6.37. The fourth-order valence-electron chi connectivity index (χ4n) is 4.50. The zero-order valence-electron chi connectivity index (χ0n) is 18.5. The van der Waals surface area contributed by atoms with E-state index in [0.29, 0.717) is 25.1 Å². The van der Waals surface area contributed by atoms with Gasteiger partial charge in [0.1, 0.15) is 11.6 Å². The molecule has 2 aliphatic heterocycles. The molecule has 2 heterocycles. The van der Waals surface area contributed by atoms with Crippen LogP contribution in [0.25, 0.3) is 0 Å². The van der Waals surface area contributed by atoms with Crippen molar-refractivity contribution in [3.63, 3.8) is 0 Å². The number of piperidine rings is 2. The summed E-state index contributed by atoms with van der Waals surface area (Å²) in [7, 11) is 0. The van der Waals surface area contributed by atoms with Crippen LogP contribution >= 0.6 is 0 Å². The summed E-state index contributed by atoms with van der Waals surface area (Å²) in [6.45, 7) is 3.65. The number of benzene rings is 2. The molecular formula is C26H31FN2O3. The topological polar surface area (TPSA) is 49.9 Å². The molecule has 2 aromatic carbocycles. The van der Waals surface area contributed by atoms with Crippen LogP contribution in [0.1, 0.15) is 48.0 Å². The number of amides is 2. The lowest BCUT2D eigenvalue weighted by molar-refractivity contribution is -0.132. The van der Waals surface area contributed by atoms with Gasteiger partial charge in [0, 0.05) is 37.7 Å². The minimum absolute atomic E-state index is 0.0712. The molecule has 0 spiro atoms. The average Bonchev–Trinajstić information content (AvgIpc) is 2.85. The van der Waals surface area contributed by atoms with Crippen molar-refractivity contribution in [1.29, 1.82) is 0 Å². The Balaban J connectivity index is 1.25. The molecule has 170 valence electrons. The van der Waals surface area contributed by atoms with E-state index < -0.39 is 0 Å². The molecule has 5 nitrogen and oxygen atoms in total. The minimum Gasteiger partial charge on any atom is -0.493 e. The summed E-state index contributed by atoms with van der Waals surface area (Å²) in [5, 5.41) is 0. The second kappa shape index (κ2) is 10.6. The number of nitrogens with zero attached hydrogens (tertiary/aromatic N) is 2. The monoisotopic (exact) mass is 438 g/mol. The van der Waals surface area contributed by atoms with E-state index in [1.54, 1.807) is 12.1 Å². The molecular weight excluding hydrogens is 407 g/mol. The molecule has 2 aliphatic rings. The number of hydrogen-bond acceptors (Lipinski definition) is 3. The lowest BCUT2D eigenvalue weighted by Gasteiger charge is -2.32. The van der Waals surface area contributed by atoms with E-state index in [1.165, 1.54) is 18.6 Å². The Bertz CT molecular complexity index is 908. The maximum Gasteiger partial charge on any atom is 0.253 e. The van der Waals surface area contributed by atoms with Gasteiger partial charge in [-0.15, -0.1) is 0 Å². The van der Waals surface area contributed by atoms with Crippen molar-refractivity contribution in [3.8, 4) is 5.75 Å². The normalized spacial score (nSPS) is 19.0. The van der Waals surface area contributed by atoms with Gasteiger partial charge in [-0.2, -0.15) is 0 Å². The fourth-order valence-corrected chi connectivity index (χ4v) is 4.50. The van der Waals surface area contributed by atoms with Crippen LogP contribution in [-0.2, 0) is 11.2 Å². The van der Waals surface area contributed by atoms with Gasteiger partial charge in [0.15, 0.2) is 0 Å². The van der Waals surface area contributed by atoms with E-state index in [0.717, 1.165) is 56.6 Å². The predicted octanol–water partition coefficient (Wildman–Crippen LogP) is 4.31. The molecule has 0 saturated carbocycles. The van der Waals surface area contributed by atoms with Crippen molar-refractivity contribution in [3.05, 3.63) is 65.5 Å². The first-order valence-electron chi connectivity index (χ1n) is 11.6. The number of halogens is 1. The van der Waals surface area contributed by atoms with Gasteiger partial charge in [-0.3, -0.25) is 9.59 Å². The highest BCUT2D eigenvalue weighted by Gasteiger charge is 2.24. The Labute approximate surface area is 189 Å². The van der Waals surface area contributed by atoms with E-state index in [9.17, 15) is 14.0 Å². The summed E-state index contributed by atoms with van der Waals surface area (Å²) in [5.74, 6) is 0.895. The summed E-state index contributed by atoms with van der Waals surface area (Å²) in [6, 6.07) is 13.5. The third kappa shape index (κ3) is 5.87. The molecule has 1 atom stereocenters. The van der Waals surface area contributed by atoms with Crippen molar-refractivity contribution in [2.75, 3.05) is 32.8 Å². The lowest BCUT2D eigenvalue weighted by atomic mass is 9.98. The molecule has 2 amide bonds. The first-order chi connectivity index (χ1) is 15.6. The van der Waals surface area contributed by atoms with Crippen molar-refractivity contribution >= 4 is 11.8 Å². The number of carbonyl (C=O) groups excluding carboxylic acids is 2. The molecule has 0 aliphatic carbocycles. The SMILES string of the molecule is O=C(Cc1ccc(F)cc1)N1CCC[C@H](COc2ccc(C(=O)N3CCCCC3)cc2)C1. The Kier molecular flexibility index (Phi) is 7.40. The Hall–Kier alpha value is -2.89. The van der Waals surface area contributed by atoms with Gasteiger partial charge in [-0.1, -0.05) is 12.1 Å². The van der Waals surface area contributed by atoms with Gasteiger partial charge in [-0.05, 0) is 74.1 Å². The van der Waals surface area contributed by atoms with Crippen LogP contribution < -0.4 is 4.74 Å². The number of hydrogen-bond donors (Lipinski definition) is 0. The highest BCUT2D eigenvalue weighted by molar-refractivity contribution is 5.94. The van der Waals surface area contributed by atoms with Gasteiger partial charge < -0.3 is 14.5 Å². The molecule has 6 heteroatoms. The number of rotatable bonds is 6. The van der Waals surface area contributed by atoms with Crippen LogP contribution in [0.15, 0.2) is 48.5 Å². The summed E-state index contributed by atoms with van der Waals surface area (Å²) in [4.78, 5) is 29.1. The summed E-state index contributed by atoms with van der Waals surface area (Å²) < 4.78 is 19.1. The maximum absolute atomic E-state index is 13.1. The molecule has 0 aromatic heterocycles. The Morgan fingerprint density at radius 1 is 0.875 bits per heavy atom. The number of likely N-dealkylation sites (tertiary alicyclic amines) is 2. The third-order valence-corrected chi connectivity index (χ3v) is 6.37. The van der Waals surface area contributed by atoms with Gasteiger partial charge in [0.05, 0.1) is 13.0 Å². The first-order valence-corrected chi connectivity index (χ1v) is 11.6. The first kappa shape index (κ1) is 22.3. The molecule has 32 heavy (non-hydrogen) atoms. The second-order valence-electron chi connectivity index (χ2n) is 8.84. The maximum atomic E-state index is 13.1. The van der Waals surface area contributed by atoms with Crippen LogP contribution in [0.2, 0.25) is 0 Å².